The lowest BCUT2D eigenvalue weighted by atomic mass is 9.97. The smallest absolute Gasteiger partial charge is 0.169 e. The van der Waals surface area contributed by atoms with Gasteiger partial charge in [-0.1, -0.05) is 140 Å². The van der Waals surface area contributed by atoms with Gasteiger partial charge in [-0.3, -0.25) is 4.79 Å². The largest absolute Gasteiger partial charge is 0.344 e. The predicted octanol–water partition coefficient (Wildman–Crippen LogP) is 13.6. The van der Waals surface area contributed by atoms with Crippen LogP contribution in [0.15, 0.2) is 36.5 Å². The zero-order chi connectivity index (χ0) is 36.0. The maximum absolute atomic E-state index is 12.6. The van der Waals surface area contributed by atoms with E-state index in [4.69, 9.17) is 9.47 Å². The monoisotopic (exact) mass is 698 g/mol. The van der Waals surface area contributed by atoms with Crippen LogP contribution >= 0.6 is 0 Å². The van der Waals surface area contributed by atoms with Gasteiger partial charge < -0.3 is 14.4 Å². The number of nitrogens with zero attached hydrogens (tertiary/aromatic N) is 1. The highest BCUT2D eigenvalue weighted by atomic mass is 16.8. The Morgan fingerprint density at radius 2 is 1.00 bits per heavy atom. The number of allylic oxidation sites excluding steroid dienone is 6. The van der Waals surface area contributed by atoms with Crippen LogP contribution in [0.5, 0.6) is 0 Å². The molecule has 290 valence electrons. The van der Waals surface area contributed by atoms with Crippen LogP contribution in [0.1, 0.15) is 206 Å². The molecule has 2 rings (SSSR count). The van der Waals surface area contributed by atoms with Gasteiger partial charge in [0.15, 0.2) is 5.79 Å². The first-order chi connectivity index (χ1) is 24.5. The van der Waals surface area contributed by atoms with Gasteiger partial charge >= 0.3 is 0 Å². The Morgan fingerprint density at radius 3 is 1.48 bits per heavy atom. The van der Waals surface area contributed by atoms with Crippen LogP contribution in [-0.4, -0.2) is 49.3 Å². The van der Waals surface area contributed by atoms with Crippen LogP contribution < -0.4 is 0 Å². The lowest BCUT2D eigenvalue weighted by molar-refractivity contribution is -0.193. The number of rotatable bonds is 34. The molecule has 2 fully saturated rings. The van der Waals surface area contributed by atoms with E-state index in [9.17, 15) is 4.79 Å². The van der Waals surface area contributed by atoms with E-state index in [-0.39, 0.29) is 18.0 Å². The second kappa shape index (κ2) is 30.3. The summed E-state index contributed by atoms with van der Waals surface area (Å²) < 4.78 is 13.7. The van der Waals surface area contributed by atoms with Crippen molar-refractivity contribution in [3.05, 3.63) is 36.5 Å². The van der Waals surface area contributed by atoms with Crippen LogP contribution in [0.4, 0.5) is 0 Å². The van der Waals surface area contributed by atoms with Gasteiger partial charge in [-0.05, 0) is 97.1 Å². The lowest BCUT2D eigenvalue weighted by Crippen LogP contribution is -2.32. The molecule has 0 amide bonds. The molecule has 1 aliphatic carbocycles. The Kier molecular flexibility index (Phi) is 27.2. The summed E-state index contributed by atoms with van der Waals surface area (Å²) in [6.07, 6.45) is 51.1. The lowest BCUT2D eigenvalue weighted by Gasteiger charge is -2.30. The molecule has 50 heavy (non-hydrogen) atoms. The van der Waals surface area contributed by atoms with Gasteiger partial charge in [0, 0.05) is 32.2 Å². The van der Waals surface area contributed by atoms with Crippen molar-refractivity contribution in [2.24, 2.45) is 5.92 Å². The highest BCUT2D eigenvalue weighted by molar-refractivity contribution is 5.78. The third kappa shape index (κ3) is 22.7. The molecular weight excluding hydrogens is 615 g/mol. The highest BCUT2D eigenvalue weighted by Crippen LogP contribution is 2.46. The third-order valence-corrected chi connectivity index (χ3v) is 11.0. The van der Waals surface area contributed by atoms with E-state index in [0.717, 1.165) is 38.6 Å². The average Bonchev–Trinajstić information content (AvgIpc) is 3.62. The first-order valence-electron chi connectivity index (χ1n) is 21.9. The van der Waals surface area contributed by atoms with Crippen molar-refractivity contribution in [1.29, 1.82) is 0 Å². The standard InChI is InChI=1S/C46H83NO3/c1-5-7-9-11-13-15-17-19-21-23-25-27-29-31-33-36-46(37-34-32-30-28-26-24-22-20-18-16-14-12-10-8-6-2)49-44-40-42(41-45(44)50-46)39-43(48)35-38-47(3)4/h11,13,17-20,42,44-45H,5-10,12,14-16,21-41H2,1-4H3/b13-11-,19-17-,20-18-/t42-,44-,45+,46?. The summed E-state index contributed by atoms with van der Waals surface area (Å²) >= 11 is 0. The van der Waals surface area contributed by atoms with Gasteiger partial charge in [0.2, 0.25) is 0 Å². The van der Waals surface area contributed by atoms with Crippen molar-refractivity contribution in [2.45, 2.75) is 224 Å². The van der Waals surface area contributed by atoms with Crippen LogP contribution in [0, 0.1) is 5.92 Å². The minimum Gasteiger partial charge on any atom is -0.344 e. The molecule has 0 N–H and O–H groups in total. The molecule has 4 atom stereocenters. The number of hydrogen-bond donors (Lipinski definition) is 0. The van der Waals surface area contributed by atoms with E-state index >= 15 is 0 Å². The van der Waals surface area contributed by atoms with Crippen molar-refractivity contribution in [2.75, 3.05) is 20.6 Å². The molecule has 0 radical (unpaired) electrons. The number of unbranched alkanes of at least 4 members (excludes halogenated alkanes) is 19. The SMILES string of the molecule is CCCC/C=C\C/C=C\CCCCCCCCC1(CCCCCCCC/C=C\CCCCCCC)O[C@H]2C[C@H](CC(=O)CCN(C)C)C[C@H]2O1. The van der Waals surface area contributed by atoms with E-state index in [1.165, 1.54) is 148 Å². The summed E-state index contributed by atoms with van der Waals surface area (Å²) in [4.78, 5) is 14.7. The molecule has 1 unspecified atom stereocenters. The fraction of sp³-hybridized carbons (Fsp3) is 0.848. The van der Waals surface area contributed by atoms with E-state index in [1.54, 1.807) is 0 Å². The summed E-state index contributed by atoms with van der Waals surface area (Å²) in [6, 6.07) is 0. The number of Topliss-reactive ketones (excluding diaryl/α,β-unsaturated/α-hetero) is 1. The zero-order valence-electron chi connectivity index (χ0n) is 33.8. The molecule has 1 heterocycles. The van der Waals surface area contributed by atoms with Crippen LogP contribution in [0.3, 0.4) is 0 Å². The molecule has 4 nitrogen and oxygen atoms in total. The summed E-state index contributed by atoms with van der Waals surface area (Å²) in [7, 11) is 4.08. The Bertz CT molecular complexity index is 878. The van der Waals surface area contributed by atoms with E-state index in [1.807, 2.05) is 14.1 Å². The van der Waals surface area contributed by atoms with Gasteiger partial charge in [-0.2, -0.15) is 0 Å². The molecule has 2 aliphatic rings. The Hall–Kier alpha value is -1.23. The number of ether oxygens (including phenoxy) is 2. The number of carbonyl (C=O) groups excluding carboxylic acids is 1. The van der Waals surface area contributed by atoms with Crippen LogP contribution in [0.25, 0.3) is 0 Å². The van der Waals surface area contributed by atoms with Gasteiger partial charge in [-0.15, -0.1) is 0 Å². The molecule has 1 saturated heterocycles. The number of hydrogen-bond acceptors (Lipinski definition) is 4. The topological polar surface area (TPSA) is 38.8 Å². The highest BCUT2D eigenvalue weighted by Gasteiger charge is 2.51. The van der Waals surface area contributed by atoms with Crippen LogP contribution in [-0.2, 0) is 14.3 Å². The zero-order valence-corrected chi connectivity index (χ0v) is 33.8. The maximum atomic E-state index is 12.6. The van der Waals surface area contributed by atoms with Gasteiger partial charge in [0.05, 0.1) is 12.2 Å². The molecule has 0 bridgehead atoms. The summed E-state index contributed by atoms with van der Waals surface area (Å²) in [5, 5.41) is 0. The fourth-order valence-corrected chi connectivity index (χ4v) is 7.84. The van der Waals surface area contributed by atoms with Gasteiger partial charge in [0.1, 0.15) is 5.78 Å². The van der Waals surface area contributed by atoms with E-state index in [2.05, 4.69) is 55.2 Å². The summed E-state index contributed by atoms with van der Waals surface area (Å²) in [6.45, 7) is 5.39. The van der Waals surface area contributed by atoms with Gasteiger partial charge in [-0.25, -0.2) is 0 Å². The predicted molar refractivity (Wildman–Crippen MR) is 217 cm³/mol. The Morgan fingerprint density at radius 1 is 0.580 bits per heavy atom. The number of ketones is 1. The van der Waals surface area contributed by atoms with Crippen molar-refractivity contribution in [1.82, 2.24) is 4.90 Å². The van der Waals surface area contributed by atoms with Crippen molar-refractivity contribution >= 4 is 5.78 Å². The van der Waals surface area contributed by atoms with Crippen molar-refractivity contribution in [3.8, 4) is 0 Å². The molecular formula is C46H83NO3. The fourth-order valence-electron chi connectivity index (χ4n) is 7.84. The maximum Gasteiger partial charge on any atom is 0.169 e. The first kappa shape index (κ1) is 44.9. The average molecular weight is 698 g/mol. The Balaban J connectivity index is 1.64. The third-order valence-electron chi connectivity index (χ3n) is 11.0. The van der Waals surface area contributed by atoms with E-state index in [0.29, 0.717) is 24.5 Å². The van der Waals surface area contributed by atoms with Gasteiger partial charge in [0.25, 0.3) is 0 Å². The molecule has 0 spiro atoms. The molecule has 1 aliphatic heterocycles. The number of fused-ring (bicyclic) bond motifs is 1. The summed E-state index contributed by atoms with van der Waals surface area (Å²) in [5.74, 6) is 0.442. The number of carbonyl (C=O) groups is 1. The van der Waals surface area contributed by atoms with Crippen molar-refractivity contribution < 1.29 is 14.3 Å². The molecule has 0 aromatic rings. The first-order valence-corrected chi connectivity index (χ1v) is 21.9. The minimum atomic E-state index is -0.383. The molecule has 1 saturated carbocycles. The normalized spacial score (nSPS) is 22.3. The van der Waals surface area contributed by atoms with E-state index < -0.39 is 0 Å². The second-order valence-corrected chi connectivity index (χ2v) is 16.2. The molecule has 0 aromatic carbocycles. The van der Waals surface area contributed by atoms with Crippen molar-refractivity contribution in [3.63, 3.8) is 0 Å². The second-order valence-electron chi connectivity index (χ2n) is 16.2. The quantitative estimate of drug-likeness (QED) is 0.0496. The minimum absolute atomic E-state index is 0.186. The molecule has 0 aromatic heterocycles. The summed E-state index contributed by atoms with van der Waals surface area (Å²) in [5.41, 5.74) is 0. The Labute approximate surface area is 311 Å². The molecule has 4 heteroatoms. The van der Waals surface area contributed by atoms with Crippen LogP contribution in [0.2, 0.25) is 0 Å².